The second kappa shape index (κ2) is 5.06. The van der Waals surface area contributed by atoms with Gasteiger partial charge in [-0.15, -0.1) is 0 Å². The number of carbonyl (C=O) groups is 1. The van der Waals surface area contributed by atoms with Gasteiger partial charge in [0.15, 0.2) is 0 Å². The van der Waals surface area contributed by atoms with E-state index >= 15 is 0 Å². The summed E-state index contributed by atoms with van der Waals surface area (Å²) in [6.07, 6.45) is -0.579. The van der Waals surface area contributed by atoms with Gasteiger partial charge in [0.25, 0.3) is 0 Å². The molecular formula is C6H14N2O3. The maximum Gasteiger partial charge on any atom is 0.304 e. The molecule has 0 aliphatic heterocycles. The second-order valence-corrected chi connectivity index (χ2v) is 2.48. The summed E-state index contributed by atoms with van der Waals surface area (Å²) in [5.41, 5.74) is 10.5. The van der Waals surface area contributed by atoms with Crippen LogP contribution in [0.15, 0.2) is 0 Å². The van der Waals surface area contributed by atoms with Crippen molar-refractivity contribution < 1.29 is 15.0 Å². The maximum atomic E-state index is 10.1. The molecule has 0 amide bonds. The first-order valence-electron chi connectivity index (χ1n) is 3.41. The molecule has 0 radical (unpaired) electrons. The van der Waals surface area contributed by atoms with Crippen molar-refractivity contribution in [3.63, 3.8) is 0 Å². The van der Waals surface area contributed by atoms with Crippen molar-refractivity contribution in [3.8, 4) is 0 Å². The first kappa shape index (κ1) is 10.3. The quantitative estimate of drug-likeness (QED) is 0.393. The van der Waals surface area contributed by atoms with E-state index in [4.69, 9.17) is 21.7 Å². The minimum Gasteiger partial charge on any atom is -0.481 e. The summed E-state index contributed by atoms with van der Waals surface area (Å²) in [6, 6.07) is -0.508. The zero-order valence-electron chi connectivity index (χ0n) is 6.23. The van der Waals surface area contributed by atoms with Crippen molar-refractivity contribution >= 4 is 5.97 Å². The molecule has 0 aliphatic carbocycles. The molecule has 0 aromatic carbocycles. The lowest BCUT2D eigenvalue weighted by Crippen LogP contribution is -2.32. The summed E-state index contributed by atoms with van der Waals surface area (Å²) in [7, 11) is 0. The number of aliphatic hydroxyl groups excluding tert-OH is 1. The molecule has 2 atom stereocenters. The summed E-state index contributed by atoms with van der Waals surface area (Å²) in [5, 5.41) is 17.2. The molecule has 0 heterocycles. The highest BCUT2D eigenvalue weighted by atomic mass is 16.4. The molecule has 0 saturated heterocycles. The number of aliphatic hydroxyl groups is 1. The van der Waals surface area contributed by atoms with Gasteiger partial charge in [-0.25, -0.2) is 0 Å². The Bertz CT molecular complexity index is 129. The average Bonchev–Trinajstić information content (AvgIpc) is 1.85. The van der Waals surface area contributed by atoms with Crippen molar-refractivity contribution in [1.82, 2.24) is 0 Å². The average molecular weight is 162 g/mol. The van der Waals surface area contributed by atoms with E-state index in [-0.39, 0.29) is 19.4 Å². The molecule has 0 rings (SSSR count). The standard InChI is InChI=1S/C6H14N2O3/c7-3-5(9)1-4(8)2-6(10)11/h4-5,9H,1-3,7-8H2,(H,10,11). The van der Waals surface area contributed by atoms with Crippen LogP contribution in [0.3, 0.4) is 0 Å². The monoisotopic (exact) mass is 162 g/mol. The molecule has 0 saturated carbocycles. The van der Waals surface area contributed by atoms with E-state index in [1.165, 1.54) is 0 Å². The highest BCUT2D eigenvalue weighted by Crippen LogP contribution is 1.98. The number of rotatable bonds is 5. The molecule has 2 unspecified atom stereocenters. The Kier molecular flexibility index (Phi) is 4.76. The van der Waals surface area contributed by atoms with Gasteiger partial charge < -0.3 is 21.7 Å². The van der Waals surface area contributed by atoms with E-state index in [2.05, 4.69) is 0 Å². The van der Waals surface area contributed by atoms with Crippen molar-refractivity contribution in [1.29, 1.82) is 0 Å². The summed E-state index contributed by atoms with van der Waals surface area (Å²) >= 11 is 0. The third-order valence-corrected chi connectivity index (χ3v) is 1.28. The Balaban J connectivity index is 3.51. The number of nitrogens with two attached hydrogens (primary N) is 2. The Hall–Kier alpha value is -0.650. The lowest BCUT2D eigenvalue weighted by atomic mass is 10.1. The Morgan fingerprint density at radius 3 is 2.45 bits per heavy atom. The van der Waals surface area contributed by atoms with Crippen LogP contribution in [0.4, 0.5) is 0 Å². The zero-order valence-corrected chi connectivity index (χ0v) is 6.23. The van der Waals surface area contributed by atoms with Gasteiger partial charge in [-0.2, -0.15) is 0 Å². The van der Waals surface area contributed by atoms with Gasteiger partial charge in [0, 0.05) is 12.6 Å². The van der Waals surface area contributed by atoms with Gasteiger partial charge in [0.2, 0.25) is 0 Å². The van der Waals surface area contributed by atoms with Crippen LogP contribution in [0.5, 0.6) is 0 Å². The lowest BCUT2D eigenvalue weighted by Gasteiger charge is -2.12. The van der Waals surface area contributed by atoms with E-state index in [0.29, 0.717) is 0 Å². The summed E-state index contributed by atoms with van der Waals surface area (Å²) < 4.78 is 0. The normalized spacial score (nSPS) is 15.9. The fourth-order valence-electron chi connectivity index (χ4n) is 0.753. The van der Waals surface area contributed by atoms with E-state index in [1.807, 2.05) is 0 Å². The molecule has 0 bridgehead atoms. The Labute approximate surface area is 65.0 Å². The van der Waals surface area contributed by atoms with E-state index < -0.39 is 18.1 Å². The largest absolute Gasteiger partial charge is 0.481 e. The molecular weight excluding hydrogens is 148 g/mol. The van der Waals surface area contributed by atoms with E-state index in [1.54, 1.807) is 0 Å². The zero-order chi connectivity index (χ0) is 8.85. The van der Waals surface area contributed by atoms with Gasteiger partial charge in [-0.05, 0) is 6.42 Å². The summed E-state index contributed by atoms with van der Waals surface area (Å²) in [4.78, 5) is 10.1. The third kappa shape index (κ3) is 5.78. The van der Waals surface area contributed by atoms with Crippen molar-refractivity contribution in [3.05, 3.63) is 0 Å². The fourth-order valence-corrected chi connectivity index (χ4v) is 0.753. The van der Waals surface area contributed by atoms with Gasteiger partial charge in [-0.1, -0.05) is 0 Å². The van der Waals surface area contributed by atoms with Gasteiger partial charge in [0.05, 0.1) is 12.5 Å². The number of hydrogen-bond donors (Lipinski definition) is 4. The molecule has 0 fully saturated rings. The molecule has 66 valence electrons. The van der Waals surface area contributed by atoms with Crippen LogP contribution in [0, 0.1) is 0 Å². The van der Waals surface area contributed by atoms with Gasteiger partial charge in [0.1, 0.15) is 0 Å². The number of hydrogen-bond acceptors (Lipinski definition) is 4. The van der Waals surface area contributed by atoms with Crippen molar-refractivity contribution in [2.75, 3.05) is 6.54 Å². The van der Waals surface area contributed by atoms with Gasteiger partial charge >= 0.3 is 5.97 Å². The molecule has 0 spiro atoms. The first-order valence-corrected chi connectivity index (χ1v) is 3.41. The van der Waals surface area contributed by atoms with Crippen LogP contribution >= 0.6 is 0 Å². The lowest BCUT2D eigenvalue weighted by molar-refractivity contribution is -0.137. The molecule has 0 aromatic heterocycles. The predicted molar refractivity (Wildman–Crippen MR) is 39.9 cm³/mol. The molecule has 11 heavy (non-hydrogen) atoms. The summed E-state index contributed by atoms with van der Waals surface area (Å²) in [6.45, 7) is 0.118. The highest BCUT2D eigenvalue weighted by Gasteiger charge is 2.11. The second-order valence-electron chi connectivity index (χ2n) is 2.48. The Morgan fingerprint density at radius 2 is 2.09 bits per heavy atom. The Morgan fingerprint density at radius 1 is 1.55 bits per heavy atom. The highest BCUT2D eigenvalue weighted by molar-refractivity contribution is 5.67. The van der Waals surface area contributed by atoms with Crippen molar-refractivity contribution in [2.24, 2.45) is 11.5 Å². The summed E-state index contributed by atoms with van der Waals surface area (Å²) in [5.74, 6) is -0.957. The minimum absolute atomic E-state index is 0.118. The fraction of sp³-hybridized carbons (Fsp3) is 0.833. The van der Waals surface area contributed by atoms with Crippen LogP contribution in [0.1, 0.15) is 12.8 Å². The van der Waals surface area contributed by atoms with Crippen LogP contribution in [0.2, 0.25) is 0 Å². The van der Waals surface area contributed by atoms with Crippen molar-refractivity contribution in [2.45, 2.75) is 25.0 Å². The van der Waals surface area contributed by atoms with E-state index in [0.717, 1.165) is 0 Å². The molecule has 0 aliphatic rings. The number of carboxylic acid groups (broad SMARTS) is 1. The molecule has 6 N–H and O–H groups in total. The third-order valence-electron chi connectivity index (χ3n) is 1.28. The number of aliphatic carboxylic acids is 1. The number of carboxylic acids is 1. The molecule has 5 heteroatoms. The SMILES string of the molecule is NCC(O)CC(N)CC(=O)O. The van der Waals surface area contributed by atoms with E-state index in [9.17, 15) is 4.79 Å². The molecule has 0 aromatic rings. The molecule has 5 nitrogen and oxygen atoms in total. The van der Waals surface area contributed by atoms with Gasteiger partial charge in [-0.3, -0.25) is 4.79 Å². The van der Waals surface area contributed by atoms with Crippen LogP contribution < -0.4 is 11.5 Å². The topological polar surface area (TPSA) is 110 Å². The first-order chi connectivity index (χ1) is 5.06. The van der Waals surface area contributed by atoms with Crippen LogP contribution in [-0.2, 0) is 4.79 Å². The maximum absolute atomic E-state index is 10.1. The van der Waals surface area contributed by atoms with Crippen LogP contribution in [0.25, 0.3) is 0 Å². The van der Waals surface area contributed by atoms with Crippen LogP contribution in [-0.4, -0.2) is 34.9 Å². The smallest absolute Gasteiger partial charge is 0.304 e. The minimum atomic E-state index is -0.957. The predicted octanol–water partition coefficient (Wildman–Crippen LogP) is -1.50.